The number of nitriles is 1. The van der Waals surface area contributed by atoms with Gasteiger partial charge >= 0.3 is 0 Å². The smallest absolute Gasteiger partial charge is 0.123 e. The monoisotopic (exact) mass is 289 g/mol. The number of rotatable bonds is 5. The van der Waals surface area contributed by atoms with Crippen LogP contribution >= 0.6 is 0 Å². The van der Waals surface area contributed by atoms with E-state index in [1.54, 1.807) is 12.3 Å². The second-order valence-corrected chi connectivity index (χ2v) is 4.88. The summed E-state index contributed by atoms with van der Waals surface area (Å²) in [4.78, 5) is 7.34. The van der Waals surface area contributed by atoms with Crippen molar-refractivity contribution in [2.45, 2.75) is 13.0 Å². The predicted molar refractivity (Wildman–Crippen MR) is 83.3 cm³/mol. The van der Waals surface area contributed by atoms with Gasteiger partial charge in [0.2, 0.25) is 0 Å². The number of para-hydroxylation sites is 1. The van der Waals surface area contributed by atoms with Crippen molar-refractivity contribution >= 4 is 0 Å². The summed E-state index contributed by atoms with van der Waals surface area (Å²) in [6, 6.07) is 17.5. The van der Waals surface area contributed by atoms with Gasteiger partial charge in [0.25, 0.3) is 0 Å². The van der Waals surface area contributed by atoms with Crippen molar-refractivity contribution in [1.82, 2.24) is 9.97 Å². The fourth-order valence-corrected chi connectivity index (χ4v) is 2.28. The molecule has 1 heterocycles. The minimum Gasteiger partial charge on any atom is -0.489 e. The van der Waals surface area contributed by atoms with Gasteiger partial charge in [-0.05, 0) is 12.1 Å². The fourth-order valence-electron chi connectivity index (χ4n) is 2.28. The van der Waals surface area contributed by atoms with Gasteiger partial charge in [0.05, 0.1) is 11.6 Å². The Balaban J connectivity index is 1.77. The summed E-state index contributed by atoms with van der Waals surface area (Å²) in [6.45, 7) is 0.374. The minimum atomic E-state index is 0.374. The van der Waals surface area contributed by atoms with Crippen molar-refractivity contribution in [1.29, 1.82) is 5.26 Å². The van der Waals surface area contributed by atoms with E-state index in [1.165, 1.54) is 0 Å². The highest BCUT2D eigenvalue weighted by Gasteiger charge is 2.07. The first-order chi connectivity index (χ1) is 10.9. The molecule has 0 spiro atoms. The lowest BCUT2D eigenvalue weighted by Crippen LogP contribution is -2.01. The quantitative estimate of drug-likeness (QED) is 0.782. The molecule has 0 unspecified atom stereocenters. The van der Waals surface area contributed by atoms with E-state index in [2.05, 4.69) is 16.0 Å². The Morgan fingerprint density at radius 1 is 1.05 bits per heavy atom. The zero-order valence-electron chi connectivity index (χ0n) is 12.0. The molecule has 1 aromatic heterocycles. The second kappa shape index (κ2) is 6.59. The van der Waals surface area contributed by atoms with Gasteiger partial charge in [-0.25, -0.2) is 4.98 Å². The summed E-state index contributed by atoms with van der Waals surface area (Å²) in [5.41, 5.74) is 2.59. The van der Waals surface area contributed by atoms with Crippen LogP contribution in [0.2, 0.25) is 0 Å². The van der Waals surface area contributed by atoms with E-state index >= 15 is 0 Å². The van der Waals surface area contributed by atoms with Crippen molar-refractivity contribution in [3.05, 3.63) is 83.4 Å². The van der Waals surface area contributed by atoms with Crippen molar-refractivity contribution in [2.24, 2.45) is 0 Å². The third-order valence-corrected chi connectivity index (χ3v) is 3.41. The van der Waals surface area contributed by atoms with Crippen molar-refractivity contribution < 1.29 is 4.74 Å². The van der Waals surface area contributed by atoms with E-state index in [1.807, 2.05) is 48.7 Å². The number of aromatic amines is 1. The third-order valence-electron chi connectivity index (χ3n) is 3.41. The van der Waals surface area contributed by atoms with Crippen LogP contribution in [-0.2, 0) is 13.0 Å². The van der Waals surface area contributed by atoms with E-state index in [0.29, 0.717) is 18.6 Å². The molecule has 0 amide bonds. The summed E-state index contributed by atoms with van der Waals surface area (Å²) in [6.07, 6.45) is 4.23. The number of benzene rings is 2. The Bertz CT molecular complexity index is 788. The molecule has 108 valence electrons. The van der Waals surface area contributed by atoms with Crippen LogP contribution in [-0.4, -0.2) is 9.97 Å². The Morgan fingerprint density at radius 2 is 1.82 bits per heavy atom. The van der Waals surface area contributed by atoms with Crippen LogP contribution in [0.25, 0.3) is 0 Å². The van der Waals surface area contributed by atoms with E-state index < -0.39 is 0 Å². The van der Waals surface area contributed by atoms with Crippen LogP contribution in [0.5, 0.6) is 5.75 Å². The Kier molecular flexibility index (Phi) is 4.17. The average Bonchev–Trinajstić information content (AvgIpc) is 3.07. The Morgan fingerprint density at radius 3 is 2.59 bits per heavy atom. The van der Waals surface area contributed by atoms with Gasteiger partial charge in [-0.3, -0.25) is 0 Å². The van der Waals surface area contributed by atoms with Gasteiger partial charge in [-0.15, -0.1) is 0 Å². The maximum Gasteiger partial charge on any atom is 0.123 e. The van der Waals surface area contributed by atoms with Gasteiger partial charge in [-0.2, -0.15) is 5.26 Å². The molecule has 4 nitrogen and oxygen atoms in total. The van der Waals surface area contributed by atoms with Crippen LogP contribution < -0.4 is 4.74 Å². The molecule has 3 aromatic rings. The zero-order chi connectivity index (χ0) is 15.2. The summed E-state index contributed by atoms with van der Waals surface area (Å²) in [5, 5.41) is 9.12. The Hall–Kier alpha value is -3.06. The standard InChI is InChI=1S/C18H15N3O/c19-12-15-6-1-2-7-16(15)13-22-17-8-4-3-5-14(17)11-18-20-9-10-21-18/h1-10H,11,13H2,(H,20,21). The average molecular weight is 289 g/mol. The number of nitrogens with zero attached hydrogens (tertiary/aromatic N) is 2. The first kappa shape index (κ1) is 13.9. The summed E-state index contributed by atoms with van der Waals surface area (Å²) < 4.78 is 5.92. The molecule has 4 heteroatoms. The topological polar surface area (TPSA) is 61.7 Å². The molecule has 0 aliphatic carbocycles. The molecular weight excluding hydrogens is 274 g/mol. The first-order valence-electron chi connectivity index (χ1n) is 7.04. The van der Waals surface area contributed by atoms with Gasteiger partial charge in [0.1, 0.15) is 18.2 Å². The summed E-state index contributed by atoms with van der Waals surface area (Å²) >= 11 is 0. The van der Waals surface area contributed by atoms with Crippen LogP contribution in [0.15, 0.2) is 60.9 Å². The molecule has 0 atom stereocenters. The van der Waals surface area contributed by atoms with Gasteiger partial charge in [0, 0.05) is 29.9 Å². The number of nitrogens with one attached hydrogen (secondary N) is 1. The number of imidazole rings is 1. The lowest BCUT2D eigenvalue weighted by Gasteiger charge is -2.11. The highest BCUT2D eigenvalue weighted by Crippen LogP contribution is 2.22. The molecule has 1 N–H and O–H groups in total. The molecule has 0 saturated carbocycles. The summed E-state index contributed by atoms with van der Waals surface area (Å²) in [7, 11) is 0. The molecule has 0 saturated heterocycles. The minimum absolute atomic E-state index is 0.374. The van der Waals surface area contributed by atoms with Crippen LogP contribution in [0.3, 0.4) is 0 Å². The molecule has 0 aliphatic rings. The zero-order valence-corrected chi connectivity index (χ0v) is 12.0. The lowest BCUT2D eigenvalue weighted by atomic mass is 10.1. The third kappa shape index (κ3) is 3.15. The molecule has 2 aromatic carbocycles. The van der Waals surface area contributed by atoms with E-state index in [9.17, 15) is 0 Å². The fraction of sp³-hybridized carbons (Fsp3) is 0.111. The van der Waals surface area contributed by atoms with Gasteiger partial charge in [0.15, 0.2) is 0 Å². The number of hydrogen-bond donors (Lipinski definition) is 1. The highest BCUT2D eigenvalue weighted by molar-refractivity contribution is 5.39. The second-order valence-electron chi connectivity index (χ2n) is 4.88. The molecular formula is C18H15N3O. The van der Waals surface area contributed by atoms with Crippen LogP contribution in [0.1, 0.15) is 22.5 Å². The van der Waals surface area contributed by atoms with Crippen LogP contribution in [0, 0.1) is 11.3 Å². The van der Waals surface area contributed by atoms with Gasteiger partial charge in [-0.1, -0.05) is 36.4 Å². The Labute approximate surface area is 129 Å². The number of hydrogen-bond acceptors (Lipinski definition) is 3. The largest absolute Gasteiger partial charge is 0.489 e. The first-order valence-corrected chi connectivity index (χ1v) is 7.04. The molecule has 0 aliphatic heterocycles. The van der Waals surface area contributed by atoms with E-state index in [4.69, 9.17) is 10.00 Å². The van der Waals surface area contributed by atoms with Crippen molar-refractivity contribution in [2.75, 3.05) is 0 Å². The molecule has 3 rings (SSSR count). The van der Waals surface area contributed by atoms with Crippen molar-refractivity contribution in [3.8, 4) is 11.8 Å². The number of aromatic nitrogens is 2. The van der Waals surface area contributed by atoms with Crippen LogP contribution in [0.4, 0.5) is 0 Å². The molecule has 0 bridgehead atoms. The SMILES string of the molecule is N#Cc1ccccc1COc1ccccc1Cc1ncc[nH]1. The number of H-pyrrole nitrogens is 1. The number of ether oxygens (including phenoxy) is 1. The maximum atomic E-state index is 9.12. The summed E-state index contributed by atoms with van der Waals surface area (Å²) in [5.74, 6) is 1.71. The normalized spacial score (nSPS) is 10.1. The van der Waals surface area contributed by atoms with Crippen molar-refractivity contribution in [3.63, 3.8) is 0 Å². The molecule has 0 fully saturated rings. The molecule has 22 heavy (non-hydrogen) atoms. The molecule has 0 radical (unpaired) electrons. The highest BCUT2D eigenvalue weighted by atomic mass is 16.5. The van der Waals surface area contributed by atoms with Gasteiger partial charge < -0.3 is 9.72 Å². The van der Waals surface area contributed by atoms with E-state index in [-0.39, 0.29) is 0 Å². The predicted octanol–water partition coefficient (Wildman–Crippen LogP) is 3.45. The lowest BCUT2D eigenvalue weighted by molar-refractivity contribution is 0.303. The maximum absolute atomic E-state index is 9.12. The van der Waals surface area contributed by atoms with E-state index in [0.717, 1.165) is 22.7 Å².